The van der Waals surface area contributed by atoms with Gasteiger partial charge in [-0.25, -0.2) is 4.79 Å². The normalized spacial score (nSPS) is 25.4. The summed E-state index contributed by atoms with van der Waals surface area (Å²) in [6, 6.07) is 4.46. The Hall–Kier alpha value is -1.87. The molecule has 8 nitrogen and oxygen atoms in total. The van der Waals surface area contributed by atoms with Crippen molar-refractivity contribution in [3.63, 3.8) is 0 Å². The highest BCUT2D eigenvalue weighted by Gasteiger charge is 2.44. The quantitative estimate of drug-likeness (QED) is 0.577. The van der Waals surface area contributed by atoms with Crippen LogP contribution < -0.4 is 5.73 Å². The van der Waals surface area contributed by atoms with Crippen LogP contribution in [0.3, 0.4) is 0 Å². The Bertz CT molecular complexity index is 662. The molecule has 1 aromatic rings. The number of aliphatic hydroxyl groups excluding tert-OH is 1. The van der Waals surface area contributed by atoms with Crippen LogP contribution in [0.4, 0.5) is 4.79 Å². The molecule has 8 heteroatoms. The second kappa shape index (κ2) is 9.09. The minimum Gasteiger partial charge on any atom is -0.508 e. The number of benzene rings is 1. The second-order valence-electron chi connectivity index (χ2n) is 8.60. The molecule has 0 spiro atoms. The molecule has 1 saturated heterocycles. The smallest absolute Gasteiger partial charge is 0.408 e. The second-order valence-corrected chi connectivity index (χ2v) is 8.60. The number of nitrogens with two attached hydrogens (primary N) is 1. The van der Waals surface area contributed by atoms with Crippen molar-refractivity contribution in [2.24, 2.45) is 11.1 Å². The molecule has 0 unspecified atom stereocenters. The number of morpholine rings is 1. The molecule has 1 heterocycles. The zero-order valence-corrected chi connectivity index (χ0v) is 16.9. The zero-order chi connectivity index (χ0) is 21.1. The van der Waals surface area contributed by atoms with E-state index in [1.807, 2.05) is 20.8 Å². The SMILES string of the molecule is C[C@H]1[C@H](OCC(C)(C)C)OC[C@H]([C@@H](O)[C@@H](N)Cc2cccc(O)c2)N1C(=O)O. The van der Waals surface area contributed by atoms with E-state index in [0.717, 1.165) is 5.56 Å². The van der Waals surface area contributed by atoms with Gasteiger partial charge in [0.2, 0.25) is 0 Å². The monoisotopic (exact) mass is 396 g/mol. The summed E-state index contributed by atoms with van der Waals surface area (Å²) in [5, 5.41) is 30.0. The lowest BCUT2D eigenvalue weighted by atomic mass is 9.94. The molecule has 0 aliphatic carbocycles. The number of ether oxygens (including phenoxy) is 2. The van der Waals surface area contributed by atoms with Crippen molar-refractivity contribution in [2.45, 2.75) is 64.6 Å². The molecule has 0 aromatic heterocycles. The Labute approximate surface area is 165 Å². The van der Waals surface area contributed by atoms with Crippen molar-refractivity contribution in [1.82, 2.24) is 4.90 Å². The van der Waals surface area contributed by atoms with Crippen molar-refractivity contribution >= 4 is 6.09 Å². The molecule has 0 radical (unpaired) electrons. The van der Waals surface area contributed by atoms with Gasteiger partial charge in [0.15, 0.2) is 6.29 Å². The van der Waals surface area contributed by atoms with Crippen LogP contribution in [0.5, 0.6) is 5.75 Å². The molecule has 158 valence electrons. The van der Waals surface area contributed by atoms with Gasteiger partial charge in [-0.3, -0.25) is 4.90 Å². The molecule has 5 N–H and O–H groups in total. The van der Waals surface area contributed by atoms with Crippen LogP contribution in [-0.2, 0) is 15.9 Å². The maximum absolute atomic E-state index is 11.9. The van der Waals surface area contributed by atoms with E-state index in [1.165, 1.54) is 4.90 Å². The Balaban J connectivity index is 2.07. The Morgan fingerprint density at radius 3 is 2.68 bits per heavy atom. The molecule has 1 aromatic carbocycles. The van der Waals surface area contributed by atoms with Gasteiger partial charge in [-0.1, -0.05) is 32.9 Å². The number of carbonyl (C=O) groups is 1. The Morgan fingerprint density at radius 2 is 2.11 bits per heavy atom. The third kappa shape index (κ3) is 5.81. The number of carboxylic acid groups (broad SMARTS) is 1. The summed E-state index contributed by atoms with van der Waals surface area (Å²) in [5.74, 6) is 0.111. The first-order valence-corrected chi connectivity index (χ1v) is 9.45. The number of hydrogen-bond donors (Lipinski definition) is 4. The highest BCUT2D eigenvalue weighted by atomic mass is 16.7. The number of phenolic OH excluding ortho intramolecular Hbond substituents is 1. The summed E-state index contributed by atoms with van der Waals surface area (Å²) in [5.41, 5.74) is 6.82. The molecular formula is C20H32N2O6. The number of hydrogen-bond acceptors (Lipinski definition) is 6. The number of aliphatic hydroxyl groups is 1. The van der Waals surface area contributed by atoms with Crippen LogP contribution in [0.1, 0.15) is 33.3 Å². The number of amides is 1. The Morgan fingerprint density at radius 1 is 1.43 bits per heavy atom. The average Bonchev–Trinajstić information content (AvgIpc) is 2.58. The van der Waals surface area contributed by atoms with Gasteiger partial charge in [-0.05, 0) is 36.5 Å². The third-order valence-corrected chi connectivity index (χ3v) is 4.74. The predicted molar refractivity (Wildman–Crippen MR) is 104 cm³/mol. The lowest BCUT2D eigenvalue weighted by Gasteiger charge is -2.45. The summed E-state index contributed by atoms with van der Waals surface area (Å²) < 4.78 is 11.5. The van der Waals surface area contributed by atoms with Crippen LogP contribution >= 0.6 is 0 Å². The van der Waals surface area contributed by atoms with Crippen LogP contribution in [0, 0.1) is 5.41 Å². The van der Waals surface area contributed by atoms with Crippen molar-refractivity contribution < 1.29 is 29.6 Å². The summed E-state index contributed by atoms with van der Waals surface area (Å²) in [6.07, 6.45) is -2.71. The van der Waals surface area contributed by atoms with E-state index in [2.05, 4.69) is 0 Å². The van der Waals surface area contributed by atoms with Crippen molar-refractivity contribution in [2.75, 3.05) is 13.2 Å². The van der Waals surface area contributed by atoms with E-state index in [1.54, 1.807) is 31.2 Å². The van der Waals surface area contributed by atoms with Crippen molar-refractivity contribution in [3.8, 4) is 5.75 Å². The van der Waals surface area contributed by atoms with E-state index in [9.17, 15) is 20.1 Å². The lowest BCUT2D eigenvalue weighted by Crippen LogP contribution is -2.64. The topological polar surface area (TPSA) is 125 Å². The van der Waals surface area contributed by atoms with Crippen LogP contribution in [0.15, 0.2) is 24.3 Å². The van der Waals surface area contributed by atoms with Crippen LogP contribution in [0.25, 0.3) is 0 Å². The van der Waals surface area contributed by atoms with Gasteiger partial charge in [-0.15, -0.1) is 0 Å². The fourth-order valence-electron chi connectivity index (χ4n) is 3.31. The molecule has 0 saturated carbocycles. The number of aromatic hydroxyl groups is 1. The molecule has 1 fully saturated rings. The van der Waals surface area contributed by atoms with Gasteiger partial charge in [0.25, 0.3) is 0 Å². The van der Waals surface area contributed by atoms with Gasteiger partial charge in [0.1, 0.15) is 5.75 Å². The van der Waals surface area contributed by atoms with Crippen molar-refractivity contribution in [3.05, 3.63) is 29.8 Å². The van der Waals surface area contributed by atoms with Gasteiger partial charge >= 0.3 is 6.09 Å². The maximum atomic E-state index is 11.9. The van der Waals surface area contributed by atoms with E-state index < -0.39 is 36.6 Å². The summed E-state index contributed by atoms with van der Waals surface area (Å²) in [4.78, 5) is 13.1. The van der Waals surface area contributed by atoms with Crippen LogP contribution in [-0.4, -0.2) is 70.0 Å². The standard InChI is InChI=1S/C20H32N2O6/c1-12-18(28-11-20(2,3)4)27-10-16(22(12)19(25)26)17(24)15(21)9-13-6-5-7-14(23)8-13/h5-8,12,15-18,23-24H,9-11,21H2,1-4H3,(H,25,26)/t12-,15-,16+,17-,18-/m0/s1. The molecular weight excluding hydrogens is 364 g/mol. The maximum Gasteiger partial charge on any atom is 0.408 e. The largest absolute Gasteiger partial charge is 0.508 e. The minimum absolute atomic E-state index is 0.0135. The summed E-state index contributed by atoms with van der Waals surface area (Å²) in [6.45, 7) is 8.15. The number of nitrogens with zero attached hydrogens (tertiary/aromatic N) is 1. The first-order valence-electron chi connectivity index (χ1n) is 9.45. The lowest BCUT2D eigenvalue weighted by molar-refractivity contribution is -0.231. The third-order valence-electron chi connectivity index (χ3n) is 4.74. The average molecular weight is 396 g/mol. The van der Waals surface area contributed by atoms with E-state index in [0.29, 0.717) is 6.61 Å². The first-order chi connectivity index (χ1) is 13.0. The molecule has 2 rings (SSSR count). The minimum atomic E-state index is -1.16. The molecule has 0 bridgehead atoms. The highest BCUT2D eigenvalue weighted by molar-refractivity contribution is 5.66. The molecule has 1 aliphatic heterocycles. The number of phenols is 1. The van der Waals surface area contributed by atoms with Crippen LogP contribution in [0.2, 0.25) is 0 Å². The summed E-state index contributed by atoms with van der Waals surface area (Å²) >= 11 is 0. The molecule has 5 atom stereocenters. The highest BCUT2D eigenvalue weighted by Crippen LogP contribution is 2.26. The fourth-order valence-corrected chi connectivity index (χ4v) is 3.31. The number of rotatable bonds is 6. The van der Waals surface area contributed by atoms with E-state index >= 15 is 0 Å². The van der Waals surface area contributed by atoms with Gasteiger partial charge in [-0.2, -0.15) is 0 Å². The van der Waals surface area contributed by atoms with E-state index in [-0.39, 0.29) is 24.2 Å². The predicted octanol–water partition coefficient (Wildman–Crippen LogP) is 1.78. The summed E-state index contributed by atoms with van der Waals surface area (Å²) in [7, 11) is 0. The molecule has 28 heavy (non-hydrogen) atoms. The van der Waals surface area contributed by atoms with Crippen molar-refractivity contribution in [1.29, 1.82) is 0 Å². The van der Waals surface area contributed by atoms with E-state index in [4.69, 9.17) is 15.2 Å². The zero-order valence-electron chi connectivity index (χ0n) is 16.9. The molecule has 1 amide bonds. The fraction of sp³-hybridized carbons (Fsp3) is 0.650. The van der Waals surface area contributed by atoms with Gasteiger partial charge in [0, 0.05) is 6.04 Å². The van der Waals surface area contributed by atoms with Gasteiger partial charge in [0.05, 0.1) is 31.4 Å². The molecule has 1 aliphatic rings. The van der Waals surface area contributed by atoms with Gasteiger partial charge < -0.3 is 30.5 Å². The first kappa shape index (κ1) is 22.4. The Kier molecular flexibility index (Phi) is 7.28.